The van der Waals surface area contributed by atoms with Crippen LogP contribution >= 0.6 is 11.6 Å². The van der Waals surface area contributed by atoms with Crippen LogP contribution in [0.5, 0.6) is 0 Å². The van der Waals surface area contributed by atoms with Gasteiger partial charge in [-0.15, -0.1) is 0 Å². The summed E-state index contributed by atoms with van der Waals surface area (Å²) in [6, 6.07) is 9.60. The summed E-state index contributed by atoms with van der Waals surface area (Å²) in [7, 11) is 0. The van der Waals surface area contributed by atoms with Gasteiger partial charge in [-0.3, -0.25) is 9.69 Å². The van der Waals surface area contributed by atoms with Crippen molar-refractivity contribution in [3.8, 4) is 6.07 Å². The Morgan fingerprint density at radius 2 is 2.04 bits per heavy atom. The molecule has 1 fully saturated rings. The predicted molar refractivity (Wildman–Crippen MR) is 92.9 cm³/mol. The Bertz CT molecular complexity index is 596. The van der Waals surface area contributed by atoms with E-state index in [0.717, 1.165) is 31.5 Å². The molecule has 0 saturated carbocycles. The maximum absolute atomic E-state index is 12.2. The summed E-state index contributed by atoms with van der Waals surface area (Å²) in [4.78, 5) is 14.3. The summed E-state index contributed by atoms with van der Waals surface area (Å²) >= 11 is 5.86. The fourth-order valence-electron chi connectivity index (χ4n) is 2.70. The lowest BCUT2D eigenvalue weighted by atomic mass is 9.96. The molecule has 0 aromatic heterocycles. The number of hydrogen-bond donors (Lipinski definition) is 1. The minimum Gasteiger partial charge on any atom is -0.352 e. The second kappa shape index (κ2) is 8.71. The molecule has 1 aromatic rings. The summed E-state index contributed by atoms with van der Waals surface area (Å²) in [5.41, 5.74) is 1.65. The van der Waals surface area contributed by atoms with Gasteiger partial charge in [0.05, 0.1) is 12.6 Å². The molecule has 122 valence electrons. The molecule has 0 spiro atoms. The number of piperidine rings is 1. The largest absolute Gasteiger partial charge is 0.352 e. The fraction of sp³-hybridized carbons (Fsp3) is 0.444. The summed E-state index contributed by atoms with van der Waals surface area (Å²) in [6.45, 7) is 4.90. The zero-order chi connectivity index (χ0) is 16.7. The molecule has 0 atom stereocenters. The van der Waals surface area contributed by atoms with Crippen LogP contribution < -0.4 is 5.32 Å². The molecular weight excluding hydrogens is 310 g/mol. The quantitative estimate of drug-likeness (QED) is 0.666. The molecule has 1 saturated heterocycles. The van der Waals surface area contributed by atoms with Gasteiger partial charge in [0, 0.05) is 17.1 Å². The van der Waals surface area contributed by atoms with Crippen LogP contribution in [0.15, 0.2) is 29.8 Å². The first-order valence-corrected chi connectivity index (χ1v) is 8.27. The standard InChI is InChI=1S/C18H22ClN3O/c1-14(12-15-2-4-17(19)5-3-15)18(23)21-13-16-6-9-22(10-7-16)11-8-20/h2-5,12,16H,6-7,9-11,13H2,1H3,(H,21,23)/b14-12+. The summed E-state index contributed by atoms with van der Waals surface area (Å²) < 4.78 is 0. The minimum absolute atomic E-state index is 0.0283. The number of carbonyl (C=O) groups excluding carboxylic acids is 1. The Hall–Kier alpha value is -1.83. The number of rotatable bonds is 5. The number of likely N-dealkylation sites (tertiary alicyclic amines) is 1. The van der Waals surface area contributed by atoms with Crippen LogP contribution in [0, 0.1) is 17.2 Å². The van der Waals surface area contributed by atoms with E-state index in [1.54, 1.807) is 0 Å². The van der Waals surface area contributed by atoms with Gasteiger partial charge in [0.1, 0.15) is 0 Å². The summed E-state index contributed by atoms with van der Waals surface area (Å²) in [5, 5.41) is 12.4. The molecule has 1 aliphatic heterocycles. The molecular formula is C18H22ClN3O. The highest BCUT2D eigenvalue weighted by atomic mass is 35.5. The molecule has 1 aliphatic rings. The van der Waals surface area contributed by atoms with E-state index in [4.69, 9.17) is 16.9 Å². The molecule has 0 aliphatic carbocycles. The number of hydrogen-bond acceptors (Lipinski definition) is 3. The number of amides is 1. The van der Waals surface area contributed by atoms with Crippen LogP contribution in [0.4, 0.5) is 0 Å². The van der Waals surface area contributed by atoms with E-state index < -0.39 is 0 Å². The van der Waals surface area contributed by atoms with E-state index in [1.807, 2.05) is 37.3 Å². The van der Waals surface area contributed by atoms with E-state index in [-0.39, 0.29) is 5.91 Å². The fourth-order valence-corrected chi connectivity index (χ4v) is 2.83. The highest BCUT2D eigenvalue weighted by molar-refractivity contribution is 6.30. The molecule has 0 bridgehead atoms. The third kappa shape index (κ3) is 5.70. The molecule has 1 N–H and O–H groups in total. The Labute approximate surface area is 142 Å². The summed E-state index contributed by atoms with van der Waals surface area (Å²) in [6.07, 6.45) is 3.92. The topological polar surface area (TPSA) is 56.1 Å². The smallest absolute Gasteiger partial charge is 0.246 e. The number of nitriles is 1. The van der Waals surface area contributed by atoms with Gasteiger partial charge < -0.3 is 5.32 Å². The second-order valence-corrected chi connectivity index (χ2v) is 6.40. The first kappa shape index (κ1) is 17.5. The molecule has 1 amide bonds. The van der Waals surface area contributed by atoms with Crippen LogP contribution in [0.25, 0.3) is 6.08 Å². The van der Waals surface area contributed by atoms with E-state index in [9.17, 15) is 4.79 Å². The molecule has 1 aromatic carbocycles. The Morgan fingerprint density at radius 1 is 1.39 bits per heavy atom. The van der Waals surface area contributed by atoms with Gasteiger partial charge in [0.25, 0.3) is 0 Å². The average molecular weight is 332 g/mol. The van der Waals surface area contributed by atoms with Crippen LogP contribution in [-0.2, 0) is 4.79 Å². The zero-order valence-corrected chi connectivity index (χ0v) is 14.1. The molecule has 5 heteroatoms. The van der Waals surface area contributed by atoms with E-state index in [2.05, 4.69) is 16.3 Å². The zero-order valence-electron chi connectivity index (χ0n) is 13.4. The van der Waals surface area contributed by atoms with Gasteiger partial charge in [-0.05, 0) is 62.5 Å². The van der Waals surface area contributed by atoms with Crippen LogP contribution in [0.2, 0.25) is 5.02 Å². The van der Waals surface area contributed by atoms with E-state index >= 15 is 0 Å². The maximum atomic E-state index is 12.2. The van der Waals surface area contributed by atoms with Crippen LogP contribution in [0.3, 0.4) is 0 Å². The van der Waals surface area contributed by atoms with Crippen molar-refractivity contribution < 1.29 is 4.79 Å². The Morgan fingerprint density at radius 3 is 2.65 bits per heavy atom. The molecule has 4 nitrogen and oxygen atoms in total. The maximum Gasteiger partial charge on any atom is 0.246 e. The SMILES string of the molecule is C/C(=C\c1ccc(Cl)cc1)C(=O)NCC1CCN(CC#N)CC1. The van der Waals surface area contributed by atoms with Gasteiger partial charge >= 0.3 is 0 Å². The Kier molecular flexibility index (Phi) is 6.64. The van der Waals surface area contributed by atoms with Gasteiger partial charge in [0.15, 0.2) is 0 Å². The predicted octanol–water partition coefficient (Wildman–Crippen LogP) is 3.10. The lowest BCUT2D eigenvalue weighted by Gasteiger charge is -2.30. The van der Waals surface area contributed by atoms with E-state index in [0.29, 0.717) is 29.6 Å². The van der Waals surface area contributed by atoms with Crippen molar-refractivity contribution in [3.05, 3.63) is 40.4 Å². The van der Waals surface area contributed by atoms with Crippen molar-refractivity contribution in [2.75, 3.05) is 26.2 Å². The van der Waals surface area contributed by atoms with Crippen molar-refractivity contribution in [3.63, 3.8) is 0 Å². The second-order valence-electron chi connectivity index (χ2n) is 5.97. The first-order chi connectivity index (χ1) is 11.1. The third-order valence-electron chi connectivity index (χ3n) is 4.16. The normalized spacial score (nSPS) is 16.8. The number of benzene rings is 1. The third-order valence-corrected chi connectivity index (χ3v) is 4.42. The van der Waals surface area contributed by atoms with Gasteiger partial charge in [0.2, 0.25) is 5.91 Å². The Balaban J connectivity index is 1.78. The highest BCUT2D eigenvalue weighted by Gasteiger charge is 2.19. The van der Waals surface area contributed by atoms with Crippen molar-refractivity contribution in [1.29, 1.82) is 5.26 Å². The van der Waals surface area contributed by atoms with E-state index in [1.165, 1.54) is 0 Å². The molecule has 0 radical (unpaired) electrons. The first-order valence-electron chi connectivity index (χ1n) is 7.90. The minimum atomic E-state index is -0.0283. The molecule has 23 heavy (non-hydrogen) atoms. The van der Waals surface area contributed by atoms with Gasteiger partial charge in [-0.2, -0.15) is 5.26 Å². The van der Waals surface area contributed by atoms with Crippen LogP contribution in [0.1, 0.15) is 25.3 Å². The van der Waals surface area contributed by atoms with Gasteiger partial charge in [-0.1, -0.05) is 23.7 Å². The molecule has 2 rings (SSSR count). The lowest BCUT2D eigenvalue weighted by molar-refractivity contribution is -0.117. The van der Waals surface area contributed by atoms with Crippen molar-refractivity contribution >= 4 is 23.6 Å². The monoisotopic (exact) mass is 331 g/mol. The summed E-state index contributed by atoms with van der Waals surface area (Å²) in [5.74, 6) is 0.469. The molecule has 0 unspecified atom stereocenters. The van der Waals surface area contributed by atoms with Crippen molar-refractivity contribution in [2.45, 2.75) is 19.8 Å². The van der Waals surface area contributed by atoms with Crippen molar-refractivity contribution in [2.24, 2.45) is 5.92 Å². The number of carbonyl (C=O) groups is 1. The van der Waals surface area contributed by atoms with Crippen molar-refractivity contribution in [1.82, 2.24) is 10.2 Å². The molecule has 1 heterocycles. The number of nitrogens with one attached hydrogen (secondary N) is 1. The number of halogens is 1. The van der Waals surface area contributed by atoms with Crippen LogP contribution in [-0.4, -0.2) is 37.0 Å². The number of nitrogens with zero attached hydrogens (tertiary/aromatic N) is 2. The average Bonchev–Trinajstić information content (AvgIpc) is 2.56. The lowest BCUT2D eigenvalue weighted by Crippen LogP contribution is -2.38. The van der Waals surface area contributed by atoms with Gasteiger partial charge in [-0.25, -0.2) is 0 Å². The highest BCUT2D eigenvalue weighted by Crippen LogP contribution is 2.16.